The Bertz CT molecular complexity index is 128. The van der Waals surface area contributed by atoms with Crippen LogP contribution >= 0.6 is 0 Å². The molecule has 1 atom stereocenters. The SMILES string of the molecule is CNCCCC(NC)C(=O)OC. The number of methoxy groups -OCH3 is 1. The van der Waals surface area contributed by atoms with Crippen LogP contribution in [0.25, 0.3) is 0 Å². The van der Waals surface area contributed by atoms with Crippen molar-refractivity contribution in [3.05, 3.63) is 0 Å². The van der Waals surface area contributed by atoms with Crippen LogP contribution in [0.4, 0.5) is 0 Å². The van der Waals surface area contributed by atoms with Gasteiger partial charge >= 0.3 is 5.97 Å². The fraction of sp³-hybridized carbons (Fsp3) is 0.875. The summed E-state index contributed by atoms with van der Waals surface area (Å²) in [7, 11) is 5.07. The molecule has 0 radical (unpaired) electrons. The van der Waals surface area contributed by atoms with E-state index in [1.54, 1.807) is 7.05 Å². The van der Waals surface area contributed by atoms with Crippen LogP contribution in [-0.2, 0) is 9.53 Å². The third-order valence-electron chi connectivity index (χ3n) is 1.75. The first-order chi connectivity index (χ1) is 5.76. The number of carbonyl (C=O) groups excluding carboxylic acids is 1. The quantitative estimate of drug-likeness (QED) is 0.430. The first-order valence-corrected chi connectivity index (χ1v) is 4.16. The van der Waals surface area contributed by atoms with Crippen LogP contribution in [0.1, 0.15) is 12.8 Å². The minimum absolute atomic E-state index is 0.164. The maximum Gasteiger partial charge on any atom is 0.322 e. The van der Waals surface area contributed by atoms with Gasteiger partial charge in [-0.25, -0.2) is 0 Å². The van der Waals surface area contributed by atoms with Gasteiger partial charge in [0.2, 0.25) is 0 Å². The first-order valence-electron chi connectivity index (χ1n) is 4.16. The number of rotatable bonds is 6. The highest BCUT2D eigenvalue weighted by Gasteiger charge is 2.15. The van der Waals surface area contributed by atoms with E-state index >= 15 is 0 Å². The zero-order valence-corrected chi connectivity index (χ0v) is 8.02. The summed E-state index contributed by atoms with van der Waals surface area (Å²) in [6.45, 7) is 0.926. The summed E-state index contributed by atoms with van der Waals surface area (Å²) in [5.41, 5.74) is 0. The molecule has 4 heteroatoms. The molecule has 72 valence electrons. The van der Waals surface area contributed by atoms with Crippen LogP contribution in [-0.4, -0.2) is 39.8 Å². The molecule has 2 N–H and O–H groups in total. The van der Waals surface area contributed by atoms with E-state index in [0.29, 0.717) is 0 Å². The number of hydrogen-bond donors (Lipinski definition) is 2. The lowest BCUT2D eigenvalue weighted by molar-refractivity contribution is -0.143. The van der Waals surface area contributed by atoms with Crippen molar-refractivity contribution in [1.82, 2.24) is 10.6 Å². The average Bonchev–Trinajstić information content (AvgIpc) is 2.11. The molecule has 4 nitrogen and oxygen atoms in total. The van der Waals surface area contributed by atoms with E-state index in [2.05, 4.69) is 15.4 Å². The second-order valence-corrected chi connectivity index (χ2v) is 2.61. The van der Waals surface area contributed by atoms with Gasteiger partial charge in [-0.15, -0.1) is 0 Å². The Balaban J connectivity index is 3.60. The van der Waals surface area contributed by atoms with Gasteiger partial charge in [-0.2, -0.15) is 0 Å². The number of ether oxygens (including phenoxy) is 1. The summed E-state index contributed by atoms with van der Waals surface area (Å²) in [5, 5.41) is 5.93. The molecule has 0 amide bonds. The van der Waals surface area contributed by atoms with E-state index < -0.39 is 0 Å². The molecule has 0 spiro atoms. The fourth-order valence-electron chi connectivity index (χ4n) is 1.01. The summed E-state index contributed by atoms with van der Waals surface area (Å²) < 4.78 is 4.61. The van der Waals surface area contributed by atoms with E-state index in [1.807, 2.05) is 7.05 Å². The van der Waals surface area contributed by atoms with Crippen molar-refractivity contribution in [2.45, 2.75) is 18.9 Å². The molecule has 0 aliphatic carbocycles. The molecule has 0 saturated carbocycles. The van der Waals surface area contributed by atoms with Gasteiger partial charge in [0.15, 0.2) is 0 Å². The average molecular weight is 174 g/mol. The number of carbonyl (C=O) groups is 1. The monoisotopic (exact) mass is 174 g/mol. The third-order valence-corrected chi connectivity index (χ3v) is 1.75. The molecule has 0 rings (SSSR count). The van der Waals surface area contributed by atoms with E-state index in [9.17, 15) is 4.79 Å². The van der Waals surface area contributed by atoms with Crippen molar-refractivity contribution >= 4 is 5.97 Å². The normalized spacial score (nSPS) is 12.6. The summed E-state index contributed by atoms with van der Waals surface area (Å²) in [6, 6.07) is -0.164. The zero-order valence-electron chi connectivity index (χ0n) is 8.02. The smallest absolute Gasteiger partial charge is 0.322 e. The molecule has 12 heavy (non-hydrogen) atoms. The molecule has 0 fully saturated rings. The predicted molar refractivity (Wildman–Crippen MR) is 48.0 cm³/mol. The fourth-order valence-corrected chi connectivity index (χ4v) is 1.01. The van der Waals surface area contributed by atoms with Gasteiger partial charge in [0.1, 0.15) is 6.04 Å². The summed E-state index contributed by atoms with van der Waals surface area (Å²) in [4.78, 5) is 11.0. The number of hydrogen-bond acceptors (Lipinski definition) is 4. The van der Waals surface area contributed by atoms with Crippen LogP contribution in [0.5, 0.6) is 0 Å². The van der Waals surface area contributed by atoms with Crippen LogP contribution < -0.4 is 10.6 Å². The molecule has 1 unspecified atom stereocenters. The molecule has 0 saturated heterocycles. The van der Waals surface area contributed by atoms with Gasteiger partial charge < -0.3 is 15.4 Å². The first kappa shape index (κ1) is 11.4. The van der Waals surface area contributed by atoms with Crippen molar-refractivity contribution in [2.75, 3.05) is 27.7 Å². The highest BCUT2D eigenvalue weighted by Crippen LogP contribution is 1.97. The van der Waals surface area contributed by atoms with Gasteiger partial charge in [-0.3, -0.25) is 4.79 Å². The van der Waals surface area contributed by atoms with Gasteiger partial charge in [0.05, 0.1) is 7.11 Å². The van der Waals surface area contributed by atoms with E-state index in [4.69, 9.17) is 0 Å². The summed E-state index contributed by atoms with van der Waals surface area (Å²) in [6.07, 6.45) is 1.78. The molecule has 0 aromatic heterocycles. The highest BCUT2D eigenvalue weighted by atomic mass is 16.5. The molecule has 0 bridgehead atoms. The van der Waals surface area contributed by atoms with E-state index in [0.717, 1.165) is 19.4 Å². The van der Waals surface area contributed by atoms with Gasteiger partial charge in [0, 0.05) is 0 Å². The van der Waals surface area contributed by atoms with Gasteiger partial charge in [-0.1, -0.05) is 0 Å². The van der Waals surface area contributed by atoms with Crippen LogP contribution in [0, 0.1) is 0 Å². The van der Waals surface area contributed by atoms with Crippen molar-refractivity contribution in [2.24, 2.45) is 0 Å². The Kier molecular flexibility index (Phi) is 6.70. The molecular weight excluding hydrogens is 156 g/mol. The van der Waals surface area contributed by atoms with E-state index in [-0.39, 0.29) is 12.0 Å². The Morgan fingerprint density at radius 3 is 2.58 bits per heavy atom. The lowest BCUT2D eigenvalue weighted by Gasteiger charge is -2.12. The van der Waals surface area contributed by atoms with Gasteiger partial charge in [-0.05, 0) is 33.5 Å². The van der Waals surface area contributed by atoms with Crippen LogP contribution in [0.2, 0.25) is 0 Å². The van der Waals surface area contributed by atoms with Crippen molar-refractivity contribution in [3.8, 4) is 0 Å². The Morgan fingerprint density at radius 1 is 1.50 bits per heavy atom. The highest BCUT2D eigenvalue weighted by molar-refractivity contribution is 5.75. The second-order valence-electron chi connectivity index (χ2n) is 2.61. The number of esters is 1. The molecule has 0 aliphatic rings. The molecule has 0 aliphatic heterocycles. The molecule has 0 aromatic rings. The predicted octanol–water partition coefficient (Wildman–Crippen LogP) is -0.253. The molecule has 0 aromatic carbocycles. The lowest BCUT2D eigenvalue weighted by Crippen LogP contribution is -2.35. The van der Waals surface area contributed by atoms with Gasteiger partial charge in [0.25, 0.3) is 0 Å². The standard InChI is InChI=1S/C8H18N2O2/c1-9-6-4-5-7(10-2)8(11)12-3/h7,9-10H,4-6H2,1-3H3. The van der Waals surface area contributed by atoms with Crippen molar-refractivity contribution in [3.63, 3.8) is 0 Å². The summed E-state index contributed by atoms with van der Waals surface area (Å²) >= 11 is 0. The Labute approximate surface area is 73.7 Å². The van der Waals surface area contributed by atoms with Crippen LogP contribution in [0.15, 0.2) is 0 Å². The molecule has 0 heterocycles. The van der Waals surface area contributed by atoms with Crippen molar-refractivity contribution < 1.29 is 9.53 Å². The topological polar surface area (TPSA) is 50.4 Å². The zero-order chi connectivity index (χ0) is 9.40. The van der Waals surface area contributed by atoms with E-state index in [1.165, 1.54) is 7.11 Å². The Hall–Kier alpha value is -0.610. The Morgan fingerprint density at radius 2 is 2.17 bits per heavy atom. The second kappa shape index (κ2) is 7.06. The molecular formula is C8H18N2O2. The maximum atomic E-state index is 11.0. The third kappa shape index (κ3) is 4.31. The number of nitrogens with one attached hydrogen (secondary N) is 2. The van der Waals surface area contributed by atoms with Crippen molar-refractivity contribution in [1.29, 1.82) is 0 Å². The minimum atomic E-state index is -0.186. The lowest BCUT2D eigenvalue weighted by atomic mass is 10.1. The van der Waals surface area contributed by atoms with Crippen LogP contribution in [0.3, 0.4) is 0 Å². The largest absolute Gasteiger partial charge is 0.468 e. The number of likely N-dealkylation sites (N-methyl/N-ethyl adjacent to an activating group) is 1. The minimum Gasteiger partial charge on any atom is -0.468 e. The summed E-state index contributed by atoms with van der Waals surface area (Å²) in [5.74, 6) is -0.186. The maximum absolute atomic E-state index is 11.0.